The van der Waals surface area contributed by atoms with Gasteiger partial charge in [0.25, 0.3) is 0 Å². The Kier molecular flexibility index (Phi) is 3.95. The van der Waals surface area contributed by atoms with Gasteiger partial charge in [-0.25, -0.2) is 9.18 Å². The normalized spacial score (nSPS) is 11.4. The summed E-state index contributed by atoms with van der Waals surface area (Å²) < 4.78 is 18.4. The van der Waals surface area contributed by atoms with Gasteiger partial charge in [0.1, 0.15) is 11.4 Å². The van der Waals surface area contributed by atoms with Crippen LogP contribution in [0.1, 0.15) is 36.0 Å². The average Bonchev–Trinajstić information content (AvgIpc) is 2.70. The molecule has 0 fully saturated rings. The van der Waals surface area contributed by atoms with Crippen LogP contribution in [0.3, 0.4) is 0 Å². The van der Waals surface area contributed by atoms with Gasteiger partial charge in [0.2, 0.25) is 0 Å². The summed E-state index contributed by atoms with van der Waals surface area (Å²) in [4.78, 5) is 13.3. The molecule has 0 unspecified atom stereocenters. The van der Waals surface area contributed by atoms with Crippen LogP contribution in [0.2, 0.25) is 0 Å². The fraction of sp³-hybridized carbons (Fsp3) is 0.312. The molecule has 0 saturated heterocycles. The molecule has 0 aliphatic carbocycles. The van der Waals surface area contributed by atoms with Crippen LogP contribution < -0.4 is 0 Å². The molecule has 0 aliphatic rings. The van der Waals surface area contributed by atoms with Crippen molar-refractivity contribution in [1.82, 2.24) is 0 Å². The molecule has 2 nitrogen and oxygen atoms in total. The lowest BCUT2D eigenvalue weighted by Crippen LogP contribution is -2.23. The third kappa shape index (κ3) is 3.25. The van der Waals surface area contributed by atoms with Crippen molar-refractivity contribution in [2.75, 3.05) is 0 Å². The van der Waals surface area contributed by atoms with Crippen molar-refractivity contribution < 1.29 is 13.9 Å². The van der Waals surface area contributed by atoms with Crippen molar-refractivity contribution in [3.63, 3.8) is 0 Å². The zero-order valence-corrected chi connectivity index (χ0v) is 12.8. The van der Waals surface area contributed by atoms with E-state index in [1.807, 2.05) is 27.7 Å². The minimum absolute atomic E-state index is 0.291. The lowest BCUT2D eigenvalue weighted by Gasteiger charge is -2.19. The number of carbonyl (C=O) groups is 1. The van der Waals surface area contributed by atoms with Gasteiger partial charge in [-0.05, 0) is 45.4 Å². The summed E-state index contributed by atoms with van der Waals surface area (Å²) in [6.45, 7) is 7.45. The Morgan fingerprint density at radius 3 is 2.35 bits per heavy atom. The number of halogens is 1. The Morgan fingerprint density at radius 1 is 1.20 bits per heavy atom. The van der Waals surface area contributed by atoms with E-state index in [9.17, 15) is 9.18 Å². The van der Waals surface area contributed by atoms with Crippen molar-refractivity contribution in [3.05, 3.63) is 45.9 Å². The summed E-state index contributed by atoms with van der Waals surface area (Å²) in [6, 6.07) is 6.15. The molecule has 0 spiro atoms. The number of carbonyl (C=O) groups excluding carboxylic acids is 1. The third-order valence-corrected chi connectivity index (χ3v) is 3.64. The Hall–Kier alpha value is -1.68. The first kappa shape index (κ1) is 14.7. The van der Waals surface area contributed by atoms with Gasteiger partial charge in [-0.2, -0.15) is 0 Å². The fourth-order valence-corrected chi connectivity index (χ4v) is 2.77. The monoisotopic (exact) mass is 292 g/mol. The van der Waals surface area contributed by atoms with E-state index in [2.05, 4.69) is 0 Å². The van der Waals surface area contributed by atoms with Crippen LogP contribution in [0.4, 0.5) is 4.39 Å². The number of benzene rings is 1. The molecule has 1 heterocycles. The number of aryl methyl sites for hydroxylation is 1. The highest BCUT2D eigenvalue weighted by atomic mass is 32.1. The minimum Gasteiger partial charge on any atom is -0.456 e. The van der Waals surface area contributed by atoms with Gasteiger partial charge in [0, 0.05) is 15.8 Å². The maximum absolute atomic E-state index is 13.0. The second-order valence-electron chi connectivity index (χ2n) is 5.59. The molecule has 0 bridgehead atoms. The smallest absolute Gasteiger partial charge is 0.340 e. The second-order valence-corrected chi connectivity index (χ2v) is 6.67. The molecule has 0 saturated carbocycles. The summed E-state index contributed by atoms with van der Waals surface area (Å²) in [7, 11) is 0. The van der Waals surface area contributed by atoms with Gasteiger partial charge in [-0.15, -0.1) is 11.3 Å². The molecule has 0 N–H and O–H groups in total. The standard InChI is InChI=1S/C16H17FO2S/c1-10-14(11-5-7-12(17)8-6-11)13(9-20-10)15(18)19-16(2,3)4/h5-9H,1-4H3. The van der Waals surface area contributed by atoms with E-state index in [1.165, 1.54) is 23.5 Å². The lowest BCUT2D eigenvalue weighted by molar-refractivity contribution is 0.00710. The molecule has 106 valence electrons. The Bertz CT molecular complexity index is 621. The van der Waals surface area contributed by atoms with Crippen molar-refractivity contribution in [3.8, 4) is 11.1 Å². The van der Waals surface area contributed by atoms with Crippen LogP contribution >= 0.6 is 11.3 Å². The quantitative estimate of drug-likeness (QED) is 0.742. The number of rotatable bonds is 2. The van der Waals surface area contributed by atoms with Crippen LogP contribution in [-0.4, -0.2) is 11.6 Å². The van der Waals surface area contributed by atoms with Crippen LogP contribution in [-0.2, 0) is 4.74 Å². The second kappa shape index (κ2) is 5.37. The number of thiophene rings is 1. The van der Waals surface area contributed by atoms with Crippen molar-refractivity contribution in [2.45, 2.75) is 33.3 Å². The summed E-state index contributed by atoms with van der Waals surface area (Å²) in [5.74, 6) is -0.637. The van der Waals surface area contributed by atoms with Gasteiger partial charge in [0.05, 0.1) is 5.56 Å². The Morgan fingerprint density at radius 2 is 1.80 bits per heavy atom. The first-order valence-electron chi connectivity index (χ1n) is 6.35. The predicted octanol–water partition coefficient (Wildman–Crippen LogP) is 4.82. The molecule has 0 atom stereocenters. The highest BCUT2D eigenvalue weighted by molar-refractivity contribution is 7.10. The summed E-state index contributed by atoms with van der Waals surface area (Å²) in [6.07, 6.45) is 0. The zero-order valence-electron chi connectivity index (χ0n) is 12.0. The van der Waals surface area contributed by atoms with Gasteiger partial charge in [0.15, 0.2) is 0 Å². The number of ether oxygens (including phenoxy) is 1. The van der Waals surface area contributed by atoms with E-state index < -0.39 is 5.60 Å². The topological polar surface area (TPSA) is 26.3 Å². The number of hydrogen-bond acceptors (Lipinski definition) is 3. The van der Waals surface area contributed by atoms with E-state index in [-0.39, 0.29) is 11.8 Å². The molecule has 0 amide bonds. The summed E-state index contributed by atoms with van der Waals surface area (Å²) >= 11 is 1.49. The molecule has 0 aliphatic heterocycles. The lowest BCUT2D eigenvalue weighted by atomic mass is 10.0. The minimum atomic E-state index is -0.535. The van der Waals surface area contributed by atoms with Gasteiger partial charge < -0.3 is 4.74 Å². The van der Waals surface area contributed by atoms with Crippen molar-refractivity contribution >= 4 is 17.3 Å². The number of hydrogen-bond donors (Lipinski definition) is 0. The van der Waals surface area contributed by atoms with E-state index in [4.69, 9.17) is 4.74 Å². The molecule has 1 aromatic carbocycles. The summed E-state index contributed by atoms with van der Waals surface area (Å²) in [5, 5.41) is 1.79. The first-order chi connectivity index (χ1) is 9.28. The molecular weight excluding hydrogens is 275 g/mol. The van der Waals surface area contributed by atoms with E-state index in [1.54, 1.807) is 17.5 Å². The van der Waals surface area contributed by atoms with Gasteiger partial charge >= 0.3 is 5.97 Å². The van der Waals surface area contributed by atoms with Crippen molar-refractivity contribution in [2.24, 2.45) is 0 Å². The maximum atomic E-state index is 13.0. The molecule has 2 aromatic rings. The SMILES string of the molecule is Cc1scc(C(=O)OC(C)(C)C)c1-c1ccc(F)cc1. The molecule has 2 rings (SSSR count). The zero-order chi connectivity index (χ0) is 14.9. The molecule has 20 heavy (non-hydrogen) atoms. The predicted molar refractivity (Wildman–Crippen MR) is 79.6 cm³/mol. The fourth-order valence-electron chi connectivity index (χ4n) is 1.91. The van der Waals surface area contributed by atoms with Crippen LogP contribution in [0.15, 0.2) is 29.6 Å². The van der Waals surface area contributed by atoms with Crippen molar-refractivity contribution in [1.29, 1.82) is 0 Å². The molecular formula is C16H17FO2S. The first-order valence-corrected chi connectivity index (χ1v) is 7.23. The van der Waals surface area contributed by atoms with Crippen LogP contribution in [0, 0.1) is 12.7 Å². The van der Waals surface area contributed by atoms with Gasteiger partial charge in [-0.3, -0.25) is 0 Å². The van der Waals surface area contributed by atoms with E-state index in [0.717, 1.165) is 16.0 Å². The van der Waals surface area contributed by atoms with E-state index >= 15 is 0 Å². The number of esters is 1. The molecule has 0 radical (unpaired) electrons. The molecule has 1 aromatic heterocycles. The highest BCUT2D eigenvalue weighted by Gasteiger charge is 2.23. The van der Waals surface area contributed by atoms with E-state index in [0.29, 0.717) is 5.56 Å². The highest BCUT2D eigenvalue weighted by Crippen LogP contribution is 2.33. The van der Waals surface area contributed by atoms with Gasteiger partial charge in [-0.1, -0.05) is 12.1 Å². The largest absolute Gasteiger partial charge is 0.456 e. The Labute approximate surface area is 122 Å². The third-order valence-electron chi connectivity index (χ3n) is 2.73. The van der Waals surface area contributed by atoms with Crippen LogP contribution in [0.5, 0.6) is 0 Å². The molecule has 4 heteroatoms. The Balaban J connectivity index is 2.42. The maximum Gasteiger partial charge on any atom is 0.340 e. The summed E-state index contributed by atoms with van der Waals surface area (Å²) in [5.41, 5.74) is 1.65. The average molecular weight is 292 g/mol. The van der Waals surface area contributed by atoms with Crippen LogP contribution in [0.25, 0.3) is 11.1 Å².